The predicted octanol–water partition coefficient (Wildman–Crippen LogP) is 4.37. The normalized spacial score (nSPS) is 13.4. The Bertz CT molecular complexity index is 1450. The Morgan fingerprint density at radius 2 is 1.79 bits per heavy atom. The van der Waals surface area contributed by atoms with Crippen LogP contribution in [0.4, 0.5) is 0 Å². The van der Waals surface area contributed by atoms with Crippen LogP contribution in [0.1, 0.15) is 23.2 Å². The van der Waals surface area contributed by atoms with Gasteiger partial charge in [-0.1, -0.05) is 36.4 Å². The second-order valence-electron chi connectivity index (χ2n) is 8.12. The zero-order valence-corrected chi connectivity index (χ0v) is 18.6. The number of carbonyl (C=O) groups excluding carboxylic acids is 3. The smallest absolute Gasteiger partial charge is 0.339 e. The number of carbonyl (C=O) groups is 3. The average Bonchev–Trinajstić information content (AvgIpc) is 3.31. The van der Waals surface area contributed by atoms with Gasteiger partial charge in [0.25, 0.3) is 5.91 Å². The summed E-state index contributed by atoms with van der Waals surface area (Å²) in [4.78, 5) is 43.0. The van der Waals surface area contributed by atoms with E-state index in [4.69, 9.17) is 14.5 Å². The molecule has 1 saturated heterocycles. The molecule has 7 heteroatoms. The van der Waals surface area contributed by atoms with Crippen molar-refractivity contribution in [3.63, 3.8) is 0 Å². The highest BCUT2D eigenvalue weighted by atomic mass is 16.5. The number of aromatic nitrogens is 1. The number of hydrogen-bond donors (Lipinski definition) is 0. The highest BCUT2D eigenvalue weighted by Gasteiger charge is 2.27. The molecule has 1 aliphatic heterocycles. The zero-order chi connectivity index (χ0) is 23.7. The fourth-order valence-corrected chi connectivity index (χ4v) is 4.20. The number of esters is 1. The van der Waals surface area contributed by atoms with Gasteiger partial charge in [0.15, 0.2) is 6.61 Å². The van der Waals surface area contributed by atoms with Crippen LogP contribution < -0.4 is 4.74 Å². The van der Waals surface area contributed by atoms with E-state index in [2.05, 4.69) is 0 Å². The van der Waals surface area contributed by atoms with Gasteiger partial charge in [0.2, 0.25) is 5.91 Å². The van der Waals surface area contributed by atoms with Crippen molar-refractivity contribution in [1.29, 1.82) is 0 Å². The number of rotatable bonds is 5. The Labute approximate surface area is 195 Å². The standard InChI is InChI=1S/C27H22N2O5/c1-33-20-11-10-17-13-19(9-8-18(17)14-20)24-15-22(21-5-2-3-6-23(21)28-24)27(32)34-16-26(31)29-12-4-7-25(29)30/h2-3,5-6,8-11,13-15H,4,7,12,16H2,1H3. The minimum atomic E-state index is -0.634. The van der Waals surface area contributed by atoms with Crippen molar-refractivity contribution < 1.29 is 23.9 Å². The second kappa shape index (κ2) is 8.94. The largest absolute Gasteiger partial charge is 0.497 e. The molecule has 3 aromatic carbocycles. The quantitative estimate of drug-likeness (QED) is 0.416. The fourth-order valence-electron chi connectivity index (χ4n) is 4.20. The van der Waals surface area contributed by atoms with Crippen LogP contribution in [-0.2, 0) is 14.3 Å². The molecular formula is C27H22N2O5. The summed E-state index contributed by atoms with van der Waals surface area (Å²) in [5.41, 5.74) is 2.42. The minimum absolute atomic E-state index is 0.230. The van der Waals surface area contributed by atoms with E-state index >= 15 is 0 Å². The molecule has 2 amide bonds. The van der Waals surface area contributed by atoms with E-state index in [1.165, 1.54) is 0 Å². The van der Waals surface area contributed by atoms with Gasteiger partial charge in [-0.3, -0.25) is 14.5 Å². The minimum Gasteiger partial charge on any atom is -0.497 e. The van der Waals surface area contributed by atoms with Gasteiger partial charge in [-0.05, 0) is 47.5 Å². The van der Waals surface area contributed by atoms with Crippen molar-refractivity contribution in [2.24, 2.45) is 0 Å². The Balaban J connectivity index is 1.47. The fraction of sp³-hybridized carbons (Fsp3) is 0.185. The number of nitrogens with zero attached hydrogens (tertiary/aromatic N) is 2. The van der Waals surface area contributed by atoms with Crippen molar-refractivity contribution >= 4 is 39.5 Å². The molecule has 7 nitrogen and oxygen atoms in total. The number of pyridine rings is 1. The van der Waals surface area contributed by atoms with E-state index in [1.54, 1.807) is 19.2 Å². The van der Waals surface area contributed by atoms with Gasteiger partial charge in [-0.25, -0.2) is 9.78 Å². The third kappa shape index (κ3) is 4.08. The lowest BCUT2D eigenvalue weighted by atomic mass is 10.0. The molecule has 1 aliphatic rings. The number of likely N-dealkylation sites (tertiary alicyclic amines) is 1. The summed E-state index contributed by atoms with van der Waals surface area (Å²) < 4.78 is 10.6. The molecular weight excluding hydrogens is 432 g/mol. The van der Waals surface area contributed by atoms with Crippen LogP contribution in [0.15, 0.2) is 66.7 Å². The summed E-state index contributed by atoms with van der Waals surface area (Å²) in [6.45, 7) is -0.111. The molecule has 0 N–H and O–H groups in total. The highest BCUT2D eigenvalue weighted by molar-refractivity contribution is 6.06. The summed E-state index contributed by atoms with van der Waals surface area (Å²) in [7, 11) is 1.63. The van der Waals surface area contributed by atoms with Gasteiger partial charge in [0.1, 0.15) is 5.75 Å². The van der Waals surface area contributed by atoms with Crippen molar-refractivity contribution in [3.05, 3.63) is 72.3 Å². The summed E-state index contributed by atoms with van der Waals surface area (Å²) in [6.07, 6.45) is 0.978. The van der Waals surface area contributed by atoms with E-state index in [9.17, 15) is 14.4 Å². The molecule has 0 atom stereocenters. The first-order valence-corrected chi connectivity index (χ1v) is 11.0. The first kappa shape index (κ1) is 21.6. The van der Waals surface area contributed by atoms with Gasteiger partial charge in [0, 0.05) is 23.9 Å². The van der Waals surface area contributed by atoms with E-state index in [0.29, 0.717) is 41.5 Å². The van der Waals surface area contributed by atoms with E-state index in [1.807, 2.05) is 54.6 Å². The van der Waals surface area contributed by atoms with Crippen LogP contribution in [-0.4, -0.2) is 47.9 Å². The molecule has 0 radical (unpaired) electrons. The Morgan fingerprint density at radius 1 is 1.00 bits per heavy atom. The van der Waals surface area contributed by atoms with Crippen LogP contribution in [0.2, 0.25) is 0 Å². The molecule has 0 spiro atoms. The molecule has 2 heterocycles. The van der Waals surface area contributed by atoms with Crippen molar-refractivity contribution in [3.8, 4) is 17.0 Å². The van der Waals surface area contributed by atoms with Crippen LogP contribution in [0.25, 0.3) is 32.9 Å². The van der Waals surface area contributed by atoms with Gasteiger partial charge in [-0.2, -0.15) is 0 Å². The zero-order valence-electron chi connectivity index (χ0n) is 18.6. The first-order valence-electron chi connectivity index (χ1n) is 11.0. The van der Waals surface area contributed by atoms with E-state index in [-0.39, 0.29) is 5.91 Å². The monoisotopic (exact) mass is 454 g/mol. The third-order valence-electron chi connectivity index (χ3n) is 5.98. The summed E-state index contributed by atoms with van der Waals surface area (Å²) >= 11 is 0. The second-order valence-corrected chi connectivity index (χ2v) is 8.12. The molecule has 0 unspecified atom stereocenters. The maximum atomic E-state index is 13.0. The lowest BCUT2D eigenvalue weighted by molar-refractivity contribution is -0.143. The lowest BCUT2D eigenvalue weighted by Gasteiger charge is -2.14. The van der Waals surface area contributed by atoms with Crippen LogP contribution in [0, 0.1) is 0 Å². The molecule has 5 rings (SSSR count). The number of para-hydroxylation sites is 1. The lowest BCUT2D eigenvalue weighted by Crippen LogP contribution is -2.35. The maximum Gasteiger partial charge on any atom is 0.339 e. The number of imide groups is 1. The SMILES string of the molecule is COc1ccc2cc(-c3cc(C(=O)OCC(=O)N4CCCC4=O)c4ccccc4n3)ccc2c1. The Kier molecular flexibility index (Phi) is 5.67. The van der Waals surface area contributed by atoms with Crippen molar-refractivity contribution in [1.82, 2.24) is 9.88 Å². The Hall–Kier alpha value is -4.26. The number of benzene rings is 3. The highest BCUT2D eigenvalue weighted by Crippen LogP contribution is 2.29. The molecule has 4 aromatic rings. The summed E-state index contributed by atoms with van der Waals surface area (Å²) in [5.74, 6) is -0.587. The van der Waals surface area contributed by atoms with Crippen molar-refractivity contribution in [2.75, 3.05) is 20.3 Å². The molecule has 0 saturated carbocycles. The first-order chi connectivity index (χ1) is 16.5. The predicted molar refractivity (Wildman–Crippen MR) is 127 cm³/mol. The number of fused-ring (bicyclic) bond motifs is 2. The van der Waals surface area contributed by atoms with Gasteiger partial charge < -0.3 is 9.47 Å². The topological polar surface area (TPSA) is 85.8 Å². The molecule has 1 aromatic heterocycles. The molecule has 170 valence electrons. The number of ether oxygens (including phenoxy) is 2. The molecule has 1 fully saturated rings. The molecule has 0 bridgehead atoms. The average molecular weight is 454 g/mol. The number of hydrogen-bond acceptors (Lipinski definition) is 6. The van der Waals surface area contributed by atoms with Crippen molar-refractivity contribution in [2.45, 2.75) is 12.8 Å². The Morgan fingerprint density at radius 3 is 2.59 bits per heavy atom. The van der Waals surface area contributed by atoms with Gasteiger partial charge in [-0.15, -0.1) is 0 Å². The van der Waals surface area contributed by atoms with Crippen LogP contribution >= 0.6 is 0 Å². The number of methoxy groups -OCH3 is 1. The van der Waals surface area contributed by atoms with E-state index in [0.717, 1.165) is 27.0 Å². The summed E-state index contributed by atoms with van der Waals surface area (Å²) in [5, 5.41) is 2.67. The summed E-state index contributed by atoms with van der Waals surface area (Å²) in [6, 6.07) is 20.7. The van der Waals surface area contributed by atoms with Gasteiger partial charge in [0.05, 0.1) is 23.9 Å². The third-order valence-corrected chi connectivity index (χ3v) is 5.98. The number of amides is 2. The van der Waals surface area contributed by atoms with Crippen LogP contribution in [0.5, 0.6) is 5.75 Å². The van der Waals surface area contributed by atoms with Gasteiger partial charge >= 0.3 is 5.97 Å². The maximum absolute atomic E-state index is 13.0. The van der Waals surface area contributed by atoms with E-state index < -0.39 is 18.5 Å². The molecule has 0 aliphatic carbocycles. The van der Waals surface area contributed by atoms with Crippen LogP contribution in [0.3, 0.4) is 0 Å². The molecule has 34 heavy (non-hydrogen) atoms.